The molecule has 3 rings (SSSR count). The lowest BCUT2D eigenvalue weighted by atomic mass is 9.96. The minimum atomic E-state index is 0.0252. The van der Waals surface area contributed by atoms with E-state index in [4.69, 9.17) is 4.98 Å². The summed E-state index contributed by atoms with van der Waals surface area (Å²) in [5, 5.41) is 7.07. The van der Waals surface area contributed by atoms with Crippen molar-refractivity contribution in [1.82, 2.24) is 10.3 Å². The van der Waals surface area contributed by atoms with Crippen LogP contribution in [0.3, 0.4) is 0 Å². The van der Waals surface area contributed by atoms with Gasteiger partial charge in [0, 0.05) is 11.1 Å². The van der Waals surface area contributed by atoms with Crippen LogP contribution in [0, 0.1) is 6.92 Å². The number of aryl methyl sites for hydroxylation is 1. The summed E-state index contributed by atoms with van der Waals surface area (Å²) in [5.41, 5.74) is 4.08. The molecule has 0 amide bonds. The smallest absolute Gasteiger partial charge is 0.114 e. The van der Waals surface area contributed by atoms with Crippen molar-refractivity contribution >= 4 is 11.3 Å². The van der Waals surface area contributed by atoms with Crippen molar-refractivity contribution in [1.29, 1.82) is 0 Å². The molecule has 1 N–H and O–H groups in total. The molecule has 1 heterocycles. The van der Waals surface area contributed by atoms with Crippen molar-refractivity contribution in [3.63, 3.8) is 0 Å². The third-order valence-electron chi connectivity index (χ3n) is 3.65. The van der Waals surface area contributed by atoms with Crippen LogP contribution in [0.25, 0.3) is 0 Å². The molecule has 0 bridgehead atoms. The van der Waals surface area contributed by atoms with Gasteiger partial charge in [-0.25, -0.2) is 4.98 Å². The van der Waals surface area contributed by atoms with Gasteiger partial charge < -0.3 is 5.32 Å². The van der Waals surface area contributed by atoms with E-state index < -0.39 is 0 Å². The Morgan fingerprint density at radius 2 is 1.94 bits per heavy atom. The molecular formula is C15H18N2S. The van der Waals surface area contributed by atoms with E-state index in [0.29, 0.717) is 0 Å². The van der Waals surface area contributed by atoms with Crippen molar-refractivity contribution in [2.45, 2.75) is 32.2 Å². The molecule has 0 atom stereocenters. The molecule has 1 aromatic carbocycles. The molecule has 2 aromatic rings. The third kappa shape index (κ3) is 1.88. The minimum Gasteiger partial charge on any atom is -0.305 e. The summed E-state index contributed by atoms with van der Waals surface area (Å²) < 4.78 is 0. The van der Waals surface area contributed by atoms with Crippen LogP contribution in [0.15, 0.2) is 29.6 Å². The molecule has 0 saturated carbocycles. The Labute approximate surface area is 112 Å². The third-order valence-corrected chi connectivity index (χ3v) is 4.81. The zero-order chi connectivity index (χ0) is 12.6. The van der Waals surface area contributed by atoms with Crippen LogP contribution in [0.1, 0.15) is 28.8 Å². The van der Waals surface area contributed by atoms with Crippen LogP contribution >= 0.6 is 11.3 Å². The first kappa shape index (κ1) is 11.9. The molecule has 1 aliphatic carbocycles. The molecule has 18 heavy (non-hydrogen) atoms. The topological polar surface area (TPSA) is 24.9 Å². The lowest BCUT2D eigenvalue weighted by Gasteiger charge is -2.27. The summed E-state index contributed by atoms with van der Waals surface area (Å²) in [6.45, 7) is 5.22. The van der Waals surface area contributed by atoms with E-state index >= 15 is 0 Å². The molecule has 3 heteroatoms. The molecule has 0 fully saturated rings. The van der Waals surface area contributed by atoms with Crippen molar-refractivity contribution in [2.24, 2.45) is 0 Å². The Morgan fingerprint density at radius 3 is 2.44 bits per heavy atom. The number of aromatic nitrogens is 1. The lowest BCUT2D eigenvalue weighted by Crippen LogP contribution is -2.43. The van der Waals surface area contributed by atoms with Gasteiger partial charge in [0.2, 0.25) is 0 Å². The number of thiazole rings is 1. The summed E-state index contributed by atoms with van der Waals surface area (Å²) in [4.78, 5) is 4.72. The van der Waals surface area contributed by atoms with Crippen molar-refractivity contribution < 1.29 is 0 Å². The average Bonchev–Trinajstić information content (AvgIpc) is 2.93. The van der Waals surface area contributed by atoms with Crippen LogP contribution in [-0.2, 0) is 18.4 Å². The highest BCUT2D eigenvalue weighted by molar-refractivity contribution is 7.09. The first-order chi connectivity index (χ1) is 8.73. The maximum absolute atomic E-state index is 4.72. The standard InChI is InChI=1S/C15H18N2S/c1-3-16-15(14-17-11(2)10-18-14)8-12-6-4-5-7-13(12)9-15/h4-7,10,16H,3,8-9H2,1-2H3. The molecule has 1 aliphatic rings. The predicted octanol–water partition coefficient (Wildman–Crippen LogP) is 3.06. The first-order valence-electron chi connectivity index (χ1n) is 6.48. The second-order valence-corrected chi connectivity index (χ2v) is 5.89. The maximum Gasteiger partial charge on any atom is 0.114 e. The Morgan fingerprint density at radius 1 is 1.28 bits per heavy atom. The normalized spacial score (nSPS) is 16.8. The van der Waals surface area contributed by atoms with Gasteiger partial charge in [-0.3, -0.25) is 0 Å². The van der Waals surface area contributed by atoms with Gasteiger partial charge in [0.1, 0.15) is 5.01 Å². The van der Waals surface area contributed by atoms with Crippen LogP contribution in [-0.4, -0.2) is 11.5 Å². The van der Waals surface area contributed by atoms with Gasteiger partial charge in [-0.1, -0.05) is 31.2 Å². The lowest BCUT2D eigenvalue weighted by molar-refractivity contribution is 0.356. The summed E-state index contributed by atoms with van der Waals surface area (Å²) in [6, 6.07) is 8.76. The number of hydrogen-bond donors (Lipinski definition) is 1. The fourth-order valence-electron chi connectivity index (χ4n) is 2.88. The highest BCUT2D eigenvalue weighted by Crippen LogP contribution is 2.38. The van der Waals surface area contributed by atoms with Crippen LogP contribution < -0.4 is 5.32 Å². The van der Waals surface area contributed by atoms with Gasteiger partial charge >= 0.3 is 0 Å². The number of hydrogen-bond acceptors (Lipinski definition) is 3. The quantitative estimate of drug-likeness (QED) is 0.915. The molecule has 1 aromatic heterocycles. The highest BCUT2D eigenvalue weighted by atomic mass is 32.1. The zero-order valence-electron chi connectivity index (χ0n) is 10.9. The second-order valence-electron chi connectivity index (χ2n) is 5.03. The Balaban J connectivity index is 2.01. The molecule has 2 nitrogen and oxygen atoms in total. The molecule has 0 unspecified atom stereocenters. The Kier molecular flexibility index (Phi) is 2.96. The van der Waals surface area contributed by atoms with Gasteiger partial charge in [0.15, 0.2) is 0 Å². The number of benzene rings is 1. The first-order valence-corrected chi connectivity index (χ1v) is 7.36. The van der Waals surface area contributed by atoms with E-state index in [9.17, 15) is 0 Å². The summed E-state index contributed by atoms with van der Waals surface area (Å²) in [7, 11) is 0. The van der Waals surface area contributed by atoms with Gasteiger partial charge in [-0.05, 0) is 37.4 Å². The van der Waals surface area contributed by atoms with Gasteiger partial charge in [0.05, 0.1) is 5.54 Å². The number of nitrogens with one attached hydrogen (secondary N) is 1. The number of fused-ring (bicyclic) bond motifs is 1. The SMILES string of the molecule is CCNC1(c2nc(C)cs2)Cc2ccccc2C1. The molecular weight excluding hydrogens is 240 g/mol. The largest absolute Gasteiger partial charge is 0.305 e. The number of likely N-dealkylation sites (N-methyl/N-ethyl adjacent to an activating group) is 1. The van der Waals surface area contributed by atoms with E-state index in [1.54, 1.807) is 11.3 Å². The highest BCUT2D eigenvalue weighted by Gasteiger charge is 2.40. The van der Waals surface area contributed by atoms with E-state index in [1.807, 2.05) is 0 Å². The molecule has 0 aliphatic heterocycles. The molecule has 0 radical (unpaired) electrons. The van der Waals surface area contributed by atoms with E-state index in [2.05, 4.69) is 48.8 Å². The number of rotatable bonds is 3. The zero-order valence-corrected chi connectivity index (χ0v) is 11.7. The molecule has 0 spiro atoms. The van der Waals surface area contributed by atoms with Crippen molar-refractivity contribution in [2.75, 3.05) is 6.54 Å². The van der Waals surface area contributed by atoms with Crippen LogP contribution in [0.2, 0.25) is 0 Å². The number of nitrogens with zero attached hydrogens (tertiary/aromatic N) is 1. The van der Waals surface area contributed by atoms with E-state index in [0.717, 1.165) is 25.1 Å². The molecule has 94 valence electrons. The maximum atomic E-state index is 4.72. The van der Waals surface area contributed by atoms with Crippen molar-refractivity contribution in [3.8, 4) is 0 Å². The van der Waals surface area contributed by atoms with E-state index in [-0.39, 0.29) is 5.54 Å². The van der Waals surface area contributed by atoms with Crippen LogP contribution in [0.4, 0.5) is 0 Å². The summed E-state index contributed by atoms with van der Waals surface area (Å²) >= 11 is 1.78. The van der Waals surface area contributed by atoms with Crippen LogP contribution in [0.5, 0.6) is 0 Å². The fourth-order valence-corrected chi connectivity index (χ4v) is 3.85. The van der Waals surface area contributed by atoms with Gasteiger partial charge in [-0.2, -0.15) is 0 Å². The predicted molar refractivity (Wildman–Crippen MR) is 76.1 cm³/mol. The minimum absolute atomic E-state index is 0.0252. The fraction of sp³-hybridized carbons (Fsp3) is 0.400. The Bertz CT molecular complexity index is 534. The van der Waals surface area contributed by atoms with Crippen molar-refractivity contribution in [3.05, 3.63) is 51.5 Å². The van der Waals surface area contributed by atoms with E-state index in [1.165, 1.54) is 16.1 Å². The van der Waals surface area contributed by atoms with Gasteiger partial charge in [-0.15, -0.1) is 11.3 Å². The monoisotopic (exact) mass is 258 g/mol. The second kappa shape index (κ2) is 4.48. The molecule has 0 saturated heterocycles. The van der Waals surface area contributed by atoms with Gasteiger partial charge in [0.25, 0.3) is 0 Å². The summed E-state index contributed by atoms with van der Waals surface area (Å²) in [5.74, 6) is 0. The Hall–Kier alpha value is -1.19. The average molecular weight is 258 g/mol. The summed E-state index contributed by atoms with van der Waals surface area (Å²) in [6.07, 6.45) is 2.12.